The average molecular weight is 442 g/mol. The minimum absolute atomic E-state index is 0. The van der Waals surface area contributed by atoms with Crippen LogP contribution in [0.3, 0.4) is 0 Å². The standard InChI is InChI=1S/C25H41NO4.Na/c1-4-6-7-8-9-10-11-12-13-14-19-30-22-17-15-21(16-18-22)24(27)26-23(25(28)29)20(3)5-2;/h15-18,20,23H,4-14,19H2,1-3H3,(H,26,27)(H,28,29);/q;+1/p-1/t20-,23-;/m1./s1. The van der Waals surface area contributed by atoms with Crippen molar-refractivity contribution >= 4 is 11.9 Å². The van der Waals surface area contributed by atoms with Gasteiger partial charge in [0.05, 0.1) is 18.6 Å². The molecule has 1 rings (SSSR count). The van der Waals surface area contributed by atoms with Crippen molar-refractivity contribution in [1.29, 1.82) is 0 Å². The van der Waals surface area contributed by atoms with Crippen molar-refractivity contribution in [3.8, 4) is 5.75 Å². The van der Waals surface area contributed by atoms with E-state index in [-0.39, 0.29) is 35.5 Å². The number of carbonyl (C=O) groups is 2. The van der Waals surface area contributed by atoms with E-state index >= 15 is 0 Å². The molecule has 0 saturated carbocycles. The van der Waals surface area contributed by atoms with Gasteiger partial charge in [-0.3, -0.25) is 4.79 Å². The zero-order valence-electron chi connectivity index (χ0n) is 20.1. The quantitative estimate of drug-likeness (QED) is 0.296. The summed E-state index contributed by atoms with van der Waals surface area (Å²) in [5.74, 6) is -1.14. The molecule has 5 nitrogen and oxygen atoms in total. The number of carbonyl (C=O) groups excluding carboxylic acids is 2. The van der Waals surface area contributed by atoms with Crippen LogP contribution in [0, 0.1) is 5.92 Å². The fourth-order valence-corrected chi connectivity index (χ4v) is 3.38. The van der Waals surface area contributed by atoms with E-state index in [1.807, 2.05) is 6.92 Å². The van der Waals surface area contributed by atoms with E-state index in [1.54, 1.807) is 31.2 Å². The van der Waals surface area contributed by atoms with E-state index in [1.165, 1.54) is 57.8 Å². The van der Waals surface area contributed by atoms with E-state index in [2.05, 4.69) is 12.2 Å². The molecule has 0 aromatic heterocycles. The third-order valence-corrected chi connectivity index (χ3v) is 5.64. The van der Waals surface area contributed by atoms with Crippen molar-refractivity contribution in [3.05, 3.63) is 29.8 Å². The van der Waals surface area contributed by atoms with Crippen LogP contribution >= 0.6 is 0 Å². The summed E-state index contributed by atoms with van der Waals surface area (Å²) < 4.78 is 5.75. The van der Waals surface area contributed by atoms with Crippen LogP contribution in [-0.4, -0.2) is 24.5 Å². The normalized spacial score (nSPS) is 12.5. The van der Waals surface area contributed by atoms with Gasteiger partial charge < -0.3 is 20.0 Å². The molecule has 31 heavy (non-hydrogen) atoms. The maximum absolute atomic E-state index is 12.3. The first-order chi connectivity index (χ1) is 14.5. The summed E-state index contributed by atoms with van der Waals surface area (Å²) in [6.45, 7) is 6.58. The number of ether oxygens (including phenoxy) is 1. The number of rotatable bonds is 17. The van der Waals surface area contributed by atoms with Crippen LogP contribution in [0.1, 0.15) is 102 Å². The fraction of sp³-hybridized carbons (Fsp3) is 0.680. The molecule has 6 heteroatoms. The molecule has 0 aliphatic rings. The summed E-state index contributed by atoms with van der Waals surface area (Å²) in [6, 6.07) is 5.83. The van der Waals surface area contributed by atoms with Gasteiger partial charge in [-0.05, 0) is 36.6 Å². The van der Waals surface area contributed by atoms with Gasteiger partial charge in [0.1, 0.15) is 5.75 Å². The predicted octanol–water partition coefficient (Wildman–Crippen LogP) is 1.88. The maximum Gasteiger partial charge on any atom is 1.00 e. The zero-order valence-corrected chi connectivity index (χ0v) is 22.1. The molecule has 0 aliphatic carbocycles. The number of nitrogens with one attached hydrogen (secondary N) is 1. The molecule has 1 N–H and O–H groups in total. The van der Waals surface area contributed by atoms with Crippen molar-refractivity contribution in [1.82, 2.24) is 5.32 Å². The number of unbranched alkanes of at least 4 members (excludes halogenated alkanes) is 9. The van der Waals surface area contributed by atoms with Crippen molar-refractivity contribution in [2.75, 3.05) is 6.61 Å². The van der Waals surface area contributed by atoms with E-state index < -0.39 is 17.9 Å². The molecule has 0 bridgehead atoms. The minimum atomic E-state index is -1.26. The van der Waals surface area contributed by atoms with Crippen LogP contribution in [0.4, 0.5) is 0 Å². The summed E-state index contributed by atoms with van der Waals surface area (Å²) in [5, 5.41) is 13.8. The smallest absolute Gasteiger partial charge is 0.548 e. The Morgan fingerprint density at radius 2 is 1.42 bits per heavy atom. The van der Waals surface area contributed by atoms with Crippen molar-refractivity contribution < 1.29 is 49.0 Å². The van der Waals surface area contributed by atoms with Gasteiger partial charge in [0.2, 0.25) is 0 Å². The number of hydrogen-bond donors (Lipinski definition) is 1. The molecule has 1 amide bonds. The molecule has 1 aromatic rings. The van der Waals surface area contributed by atoms with Crippen molar-refractivity contribution in [3.63, 3.8) is 0 Å². The molecule has 0 heterocycles. The Bertz CT molecular complexity index is 606. The Morgan fingerprint density at radius 3 is 1.90 bits per heavy atom. The molecule has 170 valence electrons. The summed E-state index contributed by atoms with van der Waals surface area (Å²) >= 11 is 0. The Morgan fingerprint density at radius 1 is 0.903 bits per heavy atom. The zero-order chi connectivity index (χ0) is 22.2. The second kappa shape index (κ2) is 18.5. The molecule has 0 aliphatic heterocycles. The topological polar surface area (TPSA) is 78.5 Å². The van der Waals surface area contributed by atoms with Gasteiger partial charge in [-0.15, -0.1) is 0 Å². The van der Waals surface area contributed by atoms with Crippen LogP contribution in [0.15, 0.2) is 24.3 Å². The molecule has 0 radical (unpaired) electrons. The molecule has 1 aromatic carbocycles. The molecule has 0 spiro atoms. The van der Waals surface area contributed by atoms with Crippen LogP contribution in [0.2, 0.25) is 0 Å². The van der Waals surface area contributed by atoms with Crippen LogP contribution in [0.25, 0.3) is 0 Å². The Labute approximate surface area is 211 Å². The number of carboxylic acids is 1. The minimum Gasteiger partial charge on any atom is -0.548 e. The first-order valence-electron chi connectivity index (χ1n) is 11.7. The van der Waals surface area contributed by atoms with Gasteiger partial charge in [-0.25, -0.2) is 0 Å². The number of amides is 1. The van der Waals surface area contributed by atoms with Gasteiger partial charge in [0.15, 0.2) is 0 Å². The maximum atomic E-state index is 12.3. The van der Waals surface area contributed by atoms with Crippen LogP contribution < -0.4 is 44.7 Å². The van der Waals surface area contributed by atoms with E-state index in [4.69, 9.17) is 4.74 Å². The average Bonchev–Trinajstić information content (AvgIpc) is 2.75. The van der Waals surface area contributed by atoms with Gasteiger partial charge in [-0.2, -0.15) is 0 Å². The number of carboxylic acid groups (broad SMARTS) is 1. The van der Waals surface area contributed by atoms with E-state index in [0.29, 0.717) is 18.6 Å². The predicted molar refractivity (Wildman–Crippen MR) is 119 cm³/mol. The van der Waals surface area contributed by atoms with Crippen molar-refractivity contribution in [2.45, 2.75) is 97.4 Å². The summed E-state index contributed by atoms with van der Waals surface area (Å²) in [7, 11) is 0. The monoisotopic (exact) mass is 441 g/mol. The van der Waals surface area contributed by atoms with Crippen molar-refractivity contribution in [2.24, 2.45) is 5.92 Å². The van der Waals surface area contributed by atoms with Crippen LogP contribution in [-0.2, 0) is 4.79 Å². The molecule has 2 atom stereocenters. The third kappa shape index (κ3) is 13.2. The Balaban J connectivity index is 0.00000900. The summed E-state index contributed by atoms with van der Waals surface area (Å²) in [6.07, 6.45) is 13.5. The Hall–Kier alpha value is -1.04. The Kier molecular flexibility index (Phi) is 17.9. The molecular formula is C25H40NNaO4. The SMILES string of the molecule is CCCCCCCCCCCCOc1ccc(C(=O)N[C@@H](C(=O)[O-])[C@H](C)CC)cc1.[Na+]. The summed E-state index contributed by atoms with van der Waals surface area (Å²) in [4.78, 5) is 23.6. The first kappa shape index (κ1) is 30.0. The van der Waals surface area contributed by atoms with Gasteiger partial charge in [-0.1, -0.05) is 85.0 Å². The van der Waals surface area contributed by atoms with Gasteiger partial charge in [0.25, 0.3) is 5.91 Å². The summed E-state index contributed by atoms with van der Waals surface area (Å²) in [5.41, 5.74) is 0.413. The second-order valence-electron chi connectivity index (χ2n) is 8.21. The number of benzene rings is 1. The van der Waals surface area contributed by atoms with Gasteiger partial charge >= 0.3 is 29.6 Å². The number of aliphatic carboxylic acids is 1. The largest absolute Gasteiger partial charge is 1.00 e. The van der Waals surface area contributed by atoms with E-state index in [0.717, 1.165) is 12.2 Å². The van der Waals surface area contributed by atoms with Crippen LogP contribution in [0.5, 0.6) is 5.75 Å². The van der Waals surface area contributed by atoms with Gasteiger partial charge in [0, 0.05) is 5.56 Å². The molecule has 0 saturated heterocycles. The second-order valence-corrected chi connectivity index (χ2v) is 8.21. The third-order valence-electron chi connectivity index (χ3n) is 5.64. The first-order valence-corrected chi connectivity index (χ1v) is 11.7. The molecular weight excluding hydrogens is 401 g/mol. The molecule has 0 fully saturated rings. The molecule has 0 unspecified atom stereocenters. The fourth-order valence-electron chi connectivity index (χ4n) is 3.38. The van der Waals surface area contributed by atoms with E-state index in [9.17, 15) is 14.7 Å². The number of hydrogen-bond acceptors (Lipinski definition) is 4.